The quantitative estimate of drug-likeness (QED) is 0.353. The third-order valence-corrected chi connectivity index (χ3v) is 4.14. The first kappa shape index (κ1) is 21.2. The lowest BCUT2D eigenvalue weighted by Gasteiger charge is -2.36. The van der Waals surface area contributed by atoms with Gasteiger partial charge in [0.05, 0.1) is 19.8 Å². The predicted molar refractivity (Wildman–Crippen MR) is 103 cm³/mol. The summed E-state index contributed by atoms with van der Waals surface area (Å²) in [6, 6.07) is 0.469. The Kier molecular flexibility index (Phi) is 9.63. The van der Waals surface area contributed by atoms with E-state index < -0.39 is 0 Å². The largest absolute Gasteiger partial charge is 0.379 e. The van der Waals surface area contributed by atoms with E-state index in [0.29, 0.717) is 12.0 Å². The molecule has 0 saturated carbocycles. The zero-order chi connectivity index (χ0) is 18.0. The van der Waals surface area contributed by atoms with Crippen LogP contribution in [0.25, 0.3) is 0 Å². The van der Waals surface area contributed by atoms with Crippen LogP contribution in [0.5, 0.6) is 0 Å². The van der Waals surface area contributed by atoms with Crippen LogP contribution in [0.15, 0.2) is 4.99 Å². The SMILES string of the molecule is CCNC(=NCC(C(C)C)N1CCOCC1)NCCNC(C)(C)C. The molecule has 0 radical (unpaired) electrons. The Hall–Kier alpha value is -0.850. The van der Waals surface area contributed by atoms with E-state index in [9.17, 15) is 0 Å². The third-order valence-electron chi connectivity index (χ3n) is 4.14. The molecule has 1 heterocycles. The summed E-state index contributed by atoms with van der Waals surface area (Å²) in [6.07, 6.45) is 0. The molecule has 0 aliphatic carbocycles. The molecule has 0 amide bonds. The van der Waals surface area contributed by atoms with Crippen molar-refractivity contribution in [1.29, 1.82) is 0 Å². The minimum absolute atomic E-state index is 0.149. The van der Waals surface area contributed by atoms with Crippen molar-refractivity contribution in [1.82, 2.24) is 20.9 Å². The van der Waals surface area contributed by atoms with Gasteiger partial charge in [-0.1, -0.05) is 13.8 Å². The standard InChI is InChI=1S/C18H39N5O/c1-7-19-17(20-8-9-22-18(4,5)6)21-14-16(15(2)3)23-10-12-24-13-11-23/h15-16,22H,7-14H2,1-6H3,(H2,19,20,21). The molecule has 1 saturated heterocycles. The van der Waals surface area contributed by atoms with Crippen molar-refractivity contribution in [2.24, 2.45) is 10.9 Å². The second kappa shape index (κ2) is 10.9. The second-order valence-electron chi connectivity index (χ2n) is 7.78. The molecule has 1 atom stereocenters. The first-order valence-corrected chi connectivity index (χ1v) is 9.42. The summed E-state index contributed by atoms with van der Waals surface area (Å²) in [7, 11) is 0. The lowest BCUT2D eigenvalue weighted by Crippen LogP contribution is -2.48. The highest BCUT2D eigenvalue weighted by molar-refractivity contribution is 5.79. The van der Waals surface area contributed by atoms with Gasteiger partial charge in [-0.05, 0) is 33.6 Å². The number of rotatable bonds is 8. The normalized spacial score (nSPS) is 18.7. The number of aliphatic imine (C=N–C) groups is 1. The van der Waals surface area contributed by atoms with Crippen LogP contribution < -0.4 is 16.0 Å². The molecule has 6 heteroatoms. The fourth-order valence-corrected chi connectivity index (χ4v) is 2.80. The van der Waals surface area contributed by atoms with E-state index in [1.54, 1.807) is 0 Å². The average molecular weight is 342 g/mol. The maximum atomic E-state index is 5.48. The lowest BCUT2D eigenvalue weighted by atomic mass is 10.0. The Labute approximate surface area is 148 Å². The van der Waals surface area contributed by atoms with Gasteiger partial charge in [-0.2, -0.15) is 0 Å². The van der Waals surface area contributed by atoms with Crippen molar-refractivity contribution in [3.05, 3.63) is 0 Å². The molecule has 1 aliphatic heterocycles. The molecule has 142 valence electrons. The molecule has 0 aromatic rings. The monoisotopic (exact) mass is 341 g/mol. The van der Waals surface area contributed by atoms with E-state index in [1.165, 1.54) is 0 Å². The van der Waals surface area contributed by atoms with Gasteiger partial charge in [0.1, 0.15) is 0 Å². The van der Waals surface area contributed by atoms with Gasteiger partial charge < -0.3 is 20.7 Å². The van der Waals surface area contributed by atoms with E-state index >= 15 is 0 Å². The Morgan fingerprint density at radius 3 is 2.33 bits per heavy atom. The van der Waals surface area contributed by atoms with Crippen LogP contribution in [0.3, 0.4) is 0 Å². The van der Waals surface area contributed by atoms with Crippen LogP contribution in [0.2, 0.25) is 0 Å². The molecule has 1 aliphatic rings. The fraction of sp³-hybridized carbons (Fsp3) is 0.944. The molecular formula is C18H39N5O. The Morgan fingerprint density at radius 1 is 1.12 bits per heavy atom. The molecule has 0 bridgehead atoms. The van der Waals surface area contributed by atoms with Gasteiger partial charge in [-0.3, -0.25) is 9.89 Å². The summed E-state index contributed by atoms with van der Waals surface area (Å²) in [5.41, 5.74) is 0.149. The van der Waals surface area contributed by atoms with Crippen molar-refractivity contribution in [3.63, 3.8) is 0 Å². The molecular weight excluding hydrogens is 302 g/mol. The molecule has 3 N–H and O–H groups in total. The molecule has 24 heavy (non-hydrogen) atoms. The summed E-state index contributed by atoms with van der Waals surface area (Å²) in [4.78, 5) is 7.34. The topological polar surface area (TPSA) is 60.9 Å². The number of nitrogens with one attached hydrogen (secondary N) is 3. The molecule has 1 unspecified atom stereocenters. The van der Waals surface area contributed by atoms with Gasteiger partial charge in [-0.25, -0.2) is 0 Å². The number of hydrogen-bond acceptors (Lipinski definition) is 4. The van der Waals surface area contributed by atoms with Gasteiger partial charge in [0, 0.05) is 44.3 Å². The minimum Gasteiger partial charge on any atom is -0.379 e. The summed E-state index contributed by atoms with van der Waals surface area (Å²) >= 11 is 0. The van der Waals surface area contributed by atoms with Crippen LogP contribution in [-0.4, -0.2) is 74.9 Å². The molecule has 0 aromatic carbocycles. The van der Waals surface area contributed by atoms with Crippen LogP contribution in [0.4, 0.5) is 0 Å². The maximum Gasteiger partial charge on any atom is 0.191 e. The molecule has 1 rings (SSSR count). The van der Waals surface area contributed by atoms with Gasteiger partial charge in [-0.15, -0.1) is 0 Å². The van der Waals surface area contributed by atoms with Gasteiger partial charge >= 0.3 is 0 Å². The van der Waals surface area contributed by atoms with E-state index in [0.717, 1.165) is 58.4 Å². The summed E-state index contributed by atoms with van der Waals surface area (Å²) < 4.78 is 5.48. The number of hydrogen-bond donors (Lipinski definition) is 3. The lowest BCUT2D eigenvalue weighted by molar-refractivity contribution is 0.00867. The summed E-state index contributed by atoms with van der Waals surface area (Å²) in [6.45, 7) is 20.4. The highest BCUT2D eigenvalue weighted by Crippen LogP contribution is 2.13. The zero-order valence-corrected chi connectivity index (χ0v) is 16.6. The third kappa shape index (κ3) is 8.85. The fourth-order valence-electron chi connectivity index (χ4n) is 2.80. The highest BCUT2D eigenvalue weighted by Gasteiger charge is 2.23. The van der Waals surface area contributed by atoms with E-state index in [-0.39, 0.29) is 5.54 Å². The molecule has 0 spiro atoms. The summed E-state index contributed by atoms with van der Waals surface area (Å²) in [5.74, 6) is 1.49. The van der Waals surface area contributed by atoms with Crippen LogP contribution in [0, 0.1) is 5.92 Å². The van der Waals surface area contributed by atoms with E-state index in [2.05, 4.69) is 62.4 Å². The van der Waals surface area contributed by atoms with Crippen LogP contribution >= 0.6 is 0 Å². The Bertz CT molecular complexity index is 359. The van der Waals surface area contributed by atoms with Crippen LogP contribution in [0.1, 0.15) is 41.5 Å². The van der Waals surface area contributed by atoms with Gasteiger partial charge in [0.2, 0.25) is 0 Å². The zero-order valence-electron chi connectivity index (χ0n) is 16.6. The van der Waals surface area contributed by atoms with E-state index in [1.807, 2.05) is 0 Å². The average Bonchev–Trinajstić information content (AvgIpc) is 2.51. The number of morpholine rings is 1. The Morgan fingerprint density at radius 2 is 1.79 bits per heavy atom. The van der Waals surface area contributed by atoms with Crippen molar-refractivity contribution >= 4 is 5.96 Å². The van der Waals surface area contributed by atoms with Crippen LogP contribution in [-0.2, 0) is 4.74 Å². The number of guanidine groups is 1. The molecule has 0 aromatic heterocycles. The van der Waals surface area contributed by atoms with Gasteiger partial charge in [0.15, 0.2) is 5.96 Å². The van der Waals surface area contributed by atoms with Crippen molar-refractivity contribution < 1.29 is 4.74 Å². The molecule has 6 nitrogen and oxygen atoms in total. The molecule has 1 fully saturated rings. The summed E-state index contributed by atoms with van der Waals surface area (Å²) in [5, 5.41) is 10.3. The second-order valence-corrected chi connectivity index (χ2v) is 7.78. The van der Waals surface area contributed by atoms with E-state index in [4.69, 9.17) is 9.73 Å². The minimum atomic E-state index is 0.149. The Balaban J connectivity index is 2.51. The van der Waals surface area contributed by atoms with Crippen molar-refractivity contribution in [2.45, 2.75) is 53.1 Å². The van der Waals surface area contributed by atoms with Crippen molar-refractivity contribution in [3.8, 4) is 0 Å². The van der Waals surface area contributed by atoms with Crippen molar-refractivity contribution in [2.75, 3.05) is 52.5 Å². The highest BCUT2D eigenvalue weighted by atomic mass is 16.5. The predicted octanol–water partition coefficient (Wildman–Crippen LogP) is 1.29. The first-order valence-electron chi connectivity index (χ1n) is 9.42. The first-order chi connectivity index (χ1) is 11.3. The number of nitrogens with zero attached hydrogens (tertiary/aromatic N) is 2. The smallest absolute Gasteiger partial charge is 0.191 e. The van der Waals surface area contributed by atoms with Gasteiger partial charge in [0.25, 0.3) is 0 Å². The number of ether oxygens (including phenoxy) is 1. The maximum absolute atomic E-state index is 5.48.